The number of rotatable bonds is 11. The van der Waals surface area contributed by atoms with E-state index in [4.69, 9.17) is 9.47 Å². The van der Waals surface area contributed by atoms with E-state index < -0.39 is 30.6 Å². The van der Waals surface area contributed by atoms with Gasteiger partial charge in [-0.2, -0.15) is 0 Å². The second kappa shape index (κ2) is 12.6. The number of phenolic OH excluding ortho intramolecular Hbond substituents is 1. The number of nitrogens with zero attached hydrogens (tertiary/aromatic N) is 2. The number of hydrogen-bond donors (Lipinski definition) is 5. The highest BCUT2D eigenvalue weighted by molar-refractivity contribution is 5.97. The number of aromatic nitrogens is 2. The summed E-state index contributed by atoms with van der Waals surface area (Å²) in [6.07, 6.45) is 2.21. The lowest BCUT2D eigenvalue weighted by molar-refractivity contribution is -0.139. The molecule has 0 aliphatic carbocycles. The smallest absolute Gasteiger partial charge is 0.413 e. The highest BCUT2D eigenvalue weighted by atomic mass is 16.6. The largest absolute Gasteiger partial charge is 0.507 e. The number of anilines is 1. The summed E-state index contributed by atoms with van der Waals surface area (Å²) in [5.74, 6) is -1.46. The standard InChI is InChI=1S/C24H25N5O7/c1-15-3-5-16(6-4-15)36-24(34)29-19(22(32)33)14-28-21(31)18-8-7-17(13-20(18)30)35-12-11-27-23-25-9-2-10-26-23/h2-10,13,19,30H,11-12,14H2,1H3,(H,28,31)(H,29,34)(H,32,33)(H,25,26,27)/t19-/m0/s1. The molecule has 3 rings (SSSR count). The summed E-state index contributed by atoms with van der Waals surface area (Å²) in [6.45, 7) is 2.07. The van der Waals surface area contributed by atoms with Crippen LogP contribution in [0.2, 0.25) is 0 Å². The Morgan fingerprint density at radius 3 is 2.39 bits per heavy atom. The zero-order chi connectivity index (χ0) is 25.9. The number of phenols is 1. The van der Waals surface area contributed by atoms with Gasteiger partial charge in [-0.25, -0.2) is 19.6 Å². The van der Waals surface area contributed by atoms with E-state index in [1.165, 1.54) is 18.2 Å². The first kappa shape index (κ1) is 25.7. The van der Waals surface area contributed by atoms with Crippen molar-refractivity contribution in [2.75, 3.05) is 25.0 Å². The maximum absolute atomic E-state index is 12.5. The molecule has 0 radical (unpaired) electrons. The number of aromatic hydroxyl groups is 1. The second-order valence-electron chi connectivity index (χ2n) is 7.47. The van der Waals surface area contributed by atoms with Crippen LogP contribution in [0.5, 0.6) is 17.2 Å². The molecule has 0 spiro atoms. The lowest BCUT2D eigenvalue weighted by atomic mass is 10.1. The zero-order valence-corrected chi connectivity index (χ0v) is 19.3. The number of hydrogen-bond acceptors (Lipinski definition) is 9. The number of ether oxygens (including phenoxy) is 2. The van der Waals surface area contributed by atoms with Gasteiger partial charge in [0.25, 0.3) is 5.91 Å². The van der Waals surface area contributed by atoms with Crippen molar-refractivity contribution >= 4 is 23.9 Å². The Labute approximate surface area is 206 Å². The van der Waals surface area contributed by atoms with Gasteiger partial charge in [0.15, 0.2) is 0 Å². The third-order valence-corrected chi connectivity index (χ3v) is 4.72. The van der Waals surface area contributed by atoms with E-state index >= 15 is 0 Å². The summed E-state index contributed by atoms with van der Waals surface area (Å²) in [5.41, 5.74) is 0.872. The van der Waals surface area contributed by atoms with Crippen LogP contribution in [0.1, 0.15) is 15.9 Å². The molecule has 0 aliphatic heterocycles. The van der Waals surface area contributed by atoms with Gasteiger partial charge < -0.3 is 35.6 Å². The molecule has 188 valence electrons. The summed E-state index contributed by atoms with van der Waals surface area (Å²) in [7, 11) is 0. The van der Waals surface area contributed by atoms with E-state index in [9.17, 15) is 24.6 Å². The number of aliphatic carboxylic acids is 1. The fraction of sp³-hybridized carbons (Fsp3) is 0.208. The van der Waals surface area contributed by atoms with Gasteiger partial charge in [0.1, 0.15) is 29.9 Å². The Kier molecular flexibility index (Phi) is 8.98. The molecule has 0 saturated carbocycles. The molecular formula is C24H25N5O7. The molecular weight excluding hydrogens is 470 g/mol. The SMILES string of the molecule is Cc1ccc(OC(=O)N[C@@H](CNC(=O)c2ccc(OCCNc3ncccn3)cc2O)C(=O)O)cc1. The first-order chi connectivity index (χ1) is 17.3. The minimum Gasteiger partial charge on any atom is -0.507 e. The van der Waals surface area contributed by atoms with Crippen LogP contribution in [-0.2, 0) is 4.79 Å². The van der Waals surface area contributed by atoms with Crippen LogP contribution in [0.4, 0.5) is 10.7 Å². The summed E-state index contributed by atoms with van der Waals surface area (Å²) >= 11 is 0. The van der Waals surface area contributed by atoms with Gasteiger partial charge in [0.2, 0.25) is 5.95 Å². The molecule has 0 unspecified atom stereocenters. The van der Waals surface area contributed by atoms with Crippen molar-refractivity contribution in [2.45, 2.75) is 13.0 Å². The predicted molar refractivity (Wildman–Crippen MR) is 128 cm³/mol. The van der Waals surface area contributed by atoms with Gasteiger partial charge in [-0.05, 0) is 37.3 Å². The molecule has 12 nitrogen and oxygen atoms in total. The fourth-order valence-corrected chi connectivity index (χ4v) is 2.89. The van der Waals surface area contributed by atoms with Gasteiger partial charge in [-0.3, -0.25) is 4.79 Å². The summed E-state index contributed by atoms with van der Waals surface area (Å²) in [4.78, 5) is 44.0. The molecule has 1 aromatic heterocycles. The Balaban J connectivity index is 1.47. The molecule has 12 heteroatoms. The van der Waals surface area contributed by atoms with Crippen molar-refractivity contribution in [1.29, 1.82) is 0 Å². The minimum atomic E-state index is -1.46. The van der Waals surface area contributed by atoms with Crippen LogP contribution in [0.25, 0.3) is 0 Å². The number of aryl methyl sites for hydroxylation is 1. The Morgan fingerprint density at radius 2 is 1.72 bits per heavy atom. The van der Waals surface area contributed by atoms with Crippen LogP contribution in [0.3, 0.4) is 0 Å². The first-order valence-electron chi connectivity index (χ1n) is 10.8. The minimum absolute atomic E-state index is 0.0930. The zero-order valence-electron chi connectivity index (χ0n) is 19.3. The molecule has 0 fully saturated rings. The van der Waals surface area contributed by atoms with Crippen LogP contribution in [0.15, 0.2) is 60.9 Å². The van der Waals surface area contributed by atoms with Crippen molar-refractivity contribution in [3.63, 3.8) is 0 Å². The normalized spacial score (nSPS) is 11.1. The number of carboxylic acid groups (broad SMARTS) is 1. The van der Waals surface area contributed by atoms with Gasteiger partial charge >= 0.3 is 12.1 Å². The topological polar surface area (TPSA) is 172 Å². The van der Waals surface area contributed by atoms with Crippen molar-refractivity contribution < 1.29 is 34.1 Å². The van der Waals surface area contributed by atoms with Gasteiger partial charge in [-0.15, -0.1) is 0 Å². The van der Waals surface area contributed by atoms with Crippen LogP contribution >= 0.6 is 0 Å². The molecule has 3 aromatic rings. The maximum Gasteiger partial charge on any atom is 0.413 e. The Morgan fingerprint density at radius 1 is 1.03 bits per heavy atom. The average Bonchev–Trinajstić information content (AvgIpc) is 2.86. The summed E-state index contributed by atoms with van der Waals surface area (Å²) < 4.78 is 10.6. The molecule has 36 heavy (non-hydrogen) atoms. The molecule has 1 heterocycles. The van der Waals surface area contributed by atoms with Crippen molar-refractivity contribution in [3.8, 4) is 17.2 Å². The van der Waals surface area contributed by atoms with Gasteiger partial charge in [0, 0.05) is 25.0 Å². The third-order valence-electron chi connectivity index (χ3n) is 4.72. The van der Waals surface area contributed by atoms with Crippen LogP contribution in [0, 0.1) is 6.92 Å². The number of carbonyl (C=O) groups is 3. The monoisotopic (exact) mass is 495 g/mol. The van der Waals surface area contributed by atoms with Gasteiger partial charge in [-0.1, -0.05) is 17.7 Å². The molecule has 1 atom stereocenters. The van der Waals surface area contributed by atoms with E-state index in [-0.39, 0.29) is 23.7 Å². The second-order valence-corrected chi connectivity index (χ2v) is 7.47. The van der Waals surface area contributed by atoms with Crippen LogP contribution < -0.4 is 25.4 Å². The average molecular weight is 495 g/mol. The third kappa shape index (κ3) is 7.87. The molecule has 0 bridgehead atoms. The molecule has 0 saturated heterocycles. The molecule has 0 aliphatic rings. The van der Waals surface area contributed by atoms with E-state index in [1.807, 2.05) is 6.92 Å². The molecule has 2 amide bonds. The lowest BCUT2D eigenvalue weighted by Gasteiger charge is -2.16. The quantitative estimate of drug-likeness (QED) is 0.248. The Bertz CT molecular complexity index is 1190. The summed E-state index contributed by atoms with van der Waals surface area (Å²) in [6, 6.07) is 10.9. The number of amides is 2. The highest BCUT2D eigenvalue weighted by Gasteiger charge is 2.23. The first-order valence-corrected chi connectivity index (χ1v) is 10.8. The maximum atomic E-state index is 12.5. The number of nitrogens with one attached hydrogen (secondary N) is 3. The molecule has 5 N–H and O–H groups in total. The van der Waals surface area contributed by atoms with Crippen molar-refractivity contribution in [1.82, 2.24) is 20.6 Å². The predicted octanol–water partition coefficient (Wildman–Crippen LogP) is 1.95. The van der Waals surface area contributed by atoms with E-state index in [2.05, 4.69) is 25.9 Å². The number of carbonyl (C=O) groups excluding carboxylic acids is 2. The number of carboxylic acids is 1. The van der Waals surface area contributed by atoms with Crippen LogP contribution in [-0.4, -0.2) is 63.9 Å². The van der Waals surface area contributed by atoms with Crippen molar-refractivity contribution in [3.05, 3.63) is 72.1 Å². The van der Waals surface area contributed by atoms with E-state index in [0.29, 0.717) is 18.2 Å². The Hall–Kier alpha value is -4.87. The van der Waals surface area contributed by atoms with Crippen molar-refractivity contribution in [2.24, 2.45) is 0 Å². The summed E-state index contributed by atoms with van der Waals surface area (Å²) in [5, 5.41) is 27.1. The molecule has 2 aromatic carbocycles. The lowest BCUT2D eigenvalue weighted by Crippen LogP contribution is -2.49. The highest BCUT2D eigenvalue weighted by Crippen LogP contribution is 2.23. The van der Waals surface area contributed by atoms with Gasteiger partial charge in [0.05, 0.1) is 12.1 Å². The fourth-order valence-electron chi connectivity index (χ4n) is 2.89. The van der Waals surface area contributed by atoms with E-state index in [1.54, 1.807) is 42.7 Å². The van der Waals surface area contributed by atoms with E-state index in [0.717, 1.165) is 5.56 Å². The number of benzene rings is 2.